The molecule has 1 aliphatic rings. The summed E-state index contributed by atoms with van der Waals surface area (Å²) in [5, 5.41) is 13.5. The number of fused-ring (bicyclic) bond motifs is 3. The Morgan fingerprint density at radius 3 is 2.83 bits per heavy atom. The van der Waals surface area contributed by atoms with Crippen molar-refractivity contribution in [3.63, 3.8) is 0 Å². The van der Waals surface area contributed by atoms with Gasteiger partial charge in [0.1, 0.15) is 5.15 Å². The van der Waals surface area contributed by atoms with Crippen molar-refractivity contribution in [2.75, 3.05) is 13.1 Å². The van der Waals surface area contributed by atoms with Gasteiger partial charge in [0, 0.05) is 54.3 Å². The standard InChI is InChI=1S/C28H23BrClN5O/c29-23-4-1-5-25-27(23)22-18-34(13-2-3-19-6-8-20(16-31)9-7-19)14-11-24(22)35(25)28(36)33-17-21-10-12-32-26(30)15-21/h1-10,12,15H,11,13-14,17-18H2,(H,33,36)/b3-2+. The Morgan fingerprint density at radius 2 is 2.06 bits per heavy atom. The number of aromatic nitrogens is 2. The van der Waals surface area contributed by atoms with E-state index in [1.165, 1.54) is 5.56 Å². The third-order valence-corrected chi connectivity index (χ3v) is 7.22. The van der Waals surface area contributed by atoms with Gasteiger partial charge in [-0.3, -0.25) is 9.47 Å². The Labute approximate surface area is 222 Å². The lowest BCUT2D eigenvalue weighted by Crippen LogP contribution is -2.34. The maximum atomic E-state index is 13.4. The van der Waals surface area contributed by atoms with Crippen LogP contribution in [-0.2, 0) is 19.5 Å². The number of nitrogens with zero attached hydrogens (tertiary/aromatic N) is 4. The minimum Gasteiger partial charge on any atom is -0.333 e. The van der Waals surface area contributed by atoms with Gasteiger partial charge in [0.05, 0.1) is 17.1 Å². The van der Waals surface area contributed by atoms with Gasteiger partial charge in [-0.25, -0.2) is 9.78 Å². The maximum absolute atomic E-state index is 13.4. The predicted molar refractivity (Wildman–Crippen MR) is 146 cm³/mol. The number of pyridine rings is 1. The van der Waals surface area contributed by atoms with E-state index in [0.717, 1.165) is 58.3 Å². The molecule has 6 nitrogen and oxygen atoms in total. The second kappa shape index (κ2) is 10.7. The van der Waals surface area contributed by atoms with E-state index in [4.69, 9.17) is 16.9 Å². The fourth-order valence-corrected chi connectivity index (χ4v) is 5.42. The summed E-state index contributed by atoms with van der Waals surface area (Å²) in [6, 6.07) is 19.1. The van der Waals surface area contributed by atoms with E-state index in [-0.39, 0.29) is 6.03 Å². The number of carbonyl (C=O) groups excluding carboxylic acids is 1. The molecule has 0 spiro atoms. The number of hydrogen-bond donors (Lipinski definition) is 1. The topological polar surface area (TPSA) is 74.0 Å². The first-order valence-corrected chi connectivity index (χ1v) is 12.8. The molecule has 0 fully saturated rings. The van der Waals surface area contributed by atoms with E-state index in [9.17, 15) is 4.79 Å². The summed E-state index contributed by atoms with van der Waals surface area (Å²) in [7, 11) is 0. The number of nitrogens with one attached hydrogen (secondary N) is 1. The summed E-state index contributed by atoms with van der Waals surface area (Å²) >= 11 is 9.71. The van der Waals surface area contributed by atoms with E-state index in [1.54, 1.807) is 12.3 Å². The molecule has 1 amide bonds. The average Bonchev–Trinajstić information content (AvgIpc) is 3.22. The zero-order valence-corrected chi connectivity index (χ0v) is 21.8. The van der Waals surface area contributed by atoms with Gasteiger partial charge in [-0.15, -0.1) is 0 Å². The van der Waals surface area contributed by atoms with Crippen molar-refractivity contribution >= 4 is 50.5 Å². The van der Waals surface area contributed by atoms with Crippen molar-refractivity contribution in [3.05, 3.63) is 104 Å². The van der Waals surface area contributed by atoms with Crippen LogP contribution in [0.4, 0.5) is 4.79 Å². The number of rotatable bonds is 5. The smallest absolute Gasteiger partial charge is 0.326 e. The molecule has 1 aliphatic heterocycles. The van der Waals surface area contributed by atoms with E-state index >= 15 is 0 Å². The third kappa shape index (κ3) is 5.07. The quantitative estimate of drug-likeness (QED) is 0.297. The molecule has 8 heteroatoms. The van der Waals surface area contributed by atoms with Gasteiger partial charge >= 0.3 is 6.03 Å². The normalized spacial score (nSPS) is 13.6. The van der Waals surface area contributed by atoms with Crippen LogP contribution in [0.5, 0.6) is 0 Å². The van der Waals surface area contributed by atoms with Gasteiger partial charge in [0.2, 0.25) is 0 Å². The van der Waals surface area contributed by atoms with Crippen LogP contribution in [0.3, 0.4) is 0 Å². The Balaban J connectivity index is 1.36. The number of carbonyl (C=O) groups is 1. The summed E-state index contributed by atoms with van der Waals surface area (Å²) in [6.45, 7) is 2.78. The molecule has 3 heterocycles. The SMILES string of the molecule is N#Cc1ccc(/C=C/CN2CCc3c(c4c(Br)cccc4n3C(=O)NCc3ccnc(Cl)c3)C2)cc1. The highest BCUT2D eigenvalue weighted by Crippen LogP contribution is 2.35. The molecule has 2 aromatic heterocycles. The Bertz CT molecular complexity index is 1500. The van der Waals surface area contributed by atoms with E-state index in [0.29, 0.717) is 17.3 Å². The fourth-order valence-electron chi connectivity index (χ4n) is 4.63. The zero-order chi connectivity index (χ0) is 25.1. The fraction of sp³-hybridized carbons (Fsp3) is 0.179. The second-order valence-electron chi connectivity index (χ2n) is 8.66. The van der Waals surface area contributed by atoms with Crippen LogP contribution in [0, 0.1) is 11.3 Å². The molecule has 180 valence electrons. The second-order valence-corrected chi connectivity index (χ2v) is 9.90. The van der Waals surface area contributed by atoms with E-state index < -0.39 is 0 Å². The van der Waals surface area contributed by atoms with Crippen LogP contribution in [0.2, 0.25) is 5.15 Å². The van der Waals surface area contributed by atoms with Crippen molar-refractivity contribution in [3.8, 4) is 6.07 Å². The third-order valence-electron chi connectivity index (χ3n) is 6.35. The Kier molecular flexibility index (Phi) is 7.19. The van der Waals surface area contributed by atoms with Gasteiger partial charge in [-0.1, -0.05) is 57.9 Å². The van der Waals surface area contributed by atoms with Crippen LogP contribution in [0.15, 0.2) is 71.3 Å². The monoisotopic (exact) mass is 559 g/mol. The van der Waals surface area contributed by atoms with Crippen LogP contribution in [0.1, 0.15) is 27.9 Å². The van der Waals surface area contributed by atoms with Crippen LogP contribution in [-0.4, -0.2) is 33.6 Å². The van der Waals surface area contributed by atoms with Crippen molar-refractivity contribution < 1.29 is 4.79 Å². The molecule has 0 bridgehead atoms. The van der Waals surface area contributed by atoms with Crippen molar-refractivity contribution in [1.82, 2.24) is 19.8 Å². The molecular formula is C28H23BrClN5O. The molecule has 0 radical (unpaired) electrons. The lowest BCUT2D eigenvalue weighted by atomic mass is 10.0. The minimum absolute atomic E-state index is 0.151. The first kappa shape index (κ1) is 24.3. The van der Waals surface area contributed by atoms with Crippen molar-refractivity contribution in [2.45, 2.75) is 19.5 Å². The predicted octanol–water partition coefficient (Wildman–Crippen LogP) is 6.15. The molecule has 2 aromatic carbocycles. The lowest BCUT2D eigenvalue weighted by Gasteiger charge is -2.27. The molecule has 0 atom stereocenters. The summed E-state index contributed by atoms with van der Waals surface area (Å²) < 4.78 is 2.81. The Morgan fingerprint density at radius 1 is 1.22 bits per heavy atom. The number of hydrogen-bond acceptors (Lipinski definition) is 4. The van der Waals surface area contributed by atoms with Gasteiger partial charge in [-0.2, -0.15) is 5.26 Å². The van der Waals surface area contributed by atoms with E-state index in [2.05, 4.69) is 49.4 Å². The average molecular weight is 561 g/mol. The molecular weight excluding hydrogens is 538 g/mol. The molecule has 36 heavy (non-hydrogen) atoms. The molecule has 0 saturated heterocycles. The van der Waals surface area contributed by atoms with Gasteiger partial charge in [0.25, 0.3) is 0 Å². The van der Waals surface area contributed by atoms with Gasteiger partial charge in [0.15, 0.2) is 0 Å². The van der Waals surface area contributed by atoms with Crippen LogP contribution < -0.4 is 5.32 Å². The van der Waals surface area contributed by atoms with Crippen molar-refractivity contribution in [2.24, 2.45) is 0 Å². The maximum Gasteiger partial charge on any atom is 0.326 e. The molecule has 4 aromatic rings. The minimum atomic E-state index is -0.151. The van der Waals surface area contributed by atoms with Crippen molar-refractivity contribution in [1.29, 1.82) is 5.26 Å². The largest absolute Gasteiger partial charge is 0.333 e. The lowest BCUT2D eigenvalue weighted by molar-refractivity contribution is 0.240. The van der Waals surface area contributed by atoms with Gasteiger partial charge in [-0.05, 0) is 53.1 Å². The molecule has 0 unspecified atom stereocenters. The number of amides is 1. The van der Waals surface area contributed by atoms with E-state index in [1.807, 2.05) is 53.1 Å². The molecule has 0 aliphatic carbocycles. The highest BCUT2D eigenvalue weighted by Gasteiger charge is 2.27. The number of halogens is 2. The Hall–Kier alpha value is -3.44. The van der Waals surface area contributed by atoms with Crippen LogP contribution >= 0.6 is 27.5 Å². The first-order valence-electron chi connectivity index (χ1n) is 11.6. The zero-order valence-electron chi connectivity index (χ0n) is 19.4. The van der Waals surface area contributed by atoms with Crippen LogP contribution in [0.25, 0.3) is 17.0 Å². The molecule has 5 rings (SSSR count). The number of benzene rings is 2. The molecule has 1 N–H and O–H groups in total. The summed E-state index contributed by atoms with van der Waals surface area (Å²) in [5.74, 6) is 0. The summed E-state index contributed by atoms with van der Waals surface area (Å²) in [4.78, 5) is 19.7. The first-order chi connectivity index (χ1) is 17.5. The summed E-state index contributed by atoms with van der Waals surface area (Å²) in [6.07, 6.45) is 6.63. The number of nitriles is 1. The highest BCUT2D eigenvalue weighted by atomic mass is 79.9. The highest BCUT2D eigenvalue weighted by molar-refractivity contribution is 9.10. The molecule has 0 saturated carbocycles. The summed E-state index contributed by atoms with van der Waals surface area (Å²) in [5.41, 5.74) is 5.75. The van der Waals surface area contributed by atoms with Gasteiger partial charge < -0.3 is 5.32 Å².